The van der Waals surface area contributed by atoms with E-state index in [4.69, 9.17) is 24.4 Å². The van der Waals surface area contributed by atoms with Gasteiger partial charge in [0, 0.05) is 22.4 Å². The second-order valence-electron chi connectivity index (χ2n) is 12.5. The first-order valence-electron chi connectivity index (χ1n) is 16.0. The number of aromatic nitrogens is 3. The molecule has 0 fully saturated rings. The highest BCUT2D eigenvalue weighted by Gasteiger charge is 2.38. The van der Waals surface area contributed by atoms with E-state index >= 15 is 0 Å². The second kappa shape index (κ2) is 11.0. The SMILES string of the molecule is C[Si]1(C)c2cc(-c3nc(-c4ccccc4)nc(-c4ccccc4)n3)ccc2Oc2ccc(N3c4ccccc4Oc4ccccc43)cc21. The van der Waals surface area contributed by atoms with Crippen LogP contribution in [0.2, 0.25) is 13.1 Å². The number of ether oxygens (including phenoxy) is 2. The number of para-hydroxylation sites is 4. The molecule has 0 saturated carbocycles. The lowest BCUT2D eigenvalue weighted by molar-refractivity contribution is 0.477. The van der Waals surface area contributed by atoms with E-state index in [1.807, 2.05) is 84.9 Å². The topological polar surface area (TPSA) is 60.4 Å². The lowest BCUT2D eigenvalue weighted by atomic mass is 10.1. The number of fused-ring (bicyclic) bond motifs is 4. The van der Waals surface area contributed by atoms with Gasteiger partial charge in [-0.05, 0) is 71.0 Å². The minimum absolute atomic E-state index is 0.636. The van der Waals surface area contributed by atoms with Crippen LogP contribution in [0.15, 0.2) is 146 Å². The van der Waals surface area contributed by atoms with Crippen LogP contribution < -0.4 is 24.7 Å². The summed E-state index contributed by atoms with van der Waals surface area (Å²) in [6.45, 7) is 4.78. The first-order valence-corrected chi connectivity index (χ1v) is 19.0. The van der Waals surface area contributed by atoms with Crippen LogP contribution in [-0.4, -0.2) is 23.0 Å². The van der Waals surface area contributed by atoms with Crippen molar-refractivity contribution in [1.29, 1.82) is 0 Å². The van der Waals surface area contributed by atoms with Crippen LogP contribution in [-0.2, 0) is 0 Å². The van der Waals surface area contributed by atoms with Crippen molar-refractivity contribution >= 4 is 35.5 Å². The van der Waals surface area contributed by atoms with Crippen molar-refractivity contribution in [3.8, 4) is 57.2 Å². The molecule has 2 aliphatic heterocycles. The summed E-state index contributed by atoms with van der Waals surface area (Å²) < 4.78 is 12.9. The fourth-order valence-corrected chi connectivity index (χ4v) is 9.48. The van der Waals surface area contributed by atoms with E-state index in [1.54, 1.807) is 0 Å². The van der Waals surface area contributed by atoms with E-state index in [0.29, 0.717) is 17.5 Å². The summed E-state index contributed by atoms with van der Waals surface area (Å²) in [7, 11) is -2.28. The highest BCUT2D eigenvalue weighted by molar-refractivity contribution is 7.01. The van der Waals surface area contributed by atoms with Gasteiger partial charge in [-0.15, -0.1) is 0 Å². The van der Waals surface area contributed by atoms with Gasteiger partial charge in [0.15, 0.2) is 29.0 Å². The quantitative estimate of drug-likeness (QED) is 0.179. The van der Waals surface area contributed by atoms with Crippen LogP contribution >= 0.6 is 0 Å². The Morgan fingerprint density at radius 1 is 0.438 bits per heavy atom. The molecule has 230 valence electrons. The van der Waals surface area contributed by atoms with Crippen LogP contribution in [0.5, 0.6) is 23.0 Å². The monoisotopic (exact) mass is 638 g/mol. The van der Waals surface area contributed by atoms with E-state index in [1.165, 1.54) is 10.4 Å². The van der Waals surface area contributed by atoms with E-state index < -0.39 is 8.07 Å². The molecule has 7 aromatic rings. The van der Waals surface area contributed by atoms with Gasteiger partial charge in [0.25, 0.3) is 0 Å². The highest BCUT2D eigenvalue weighted by Crippen LogP contribution is 2.50. The summed E-state index contributed by atoms with van der Waals surface area (Å²) >= 11 is 0. The Kier molecular flexibility index (Phi) is 6.48. The molecule has 0 saturated heterocycles. The van der Waals surface area contributed by atoms with Gasteiger partial charge in [0.1, 0.15) is 19.6 Å². The Morgan fingerprint density at radius 2 is 0.896 bits per heavy atom. The normalized spacial score (nSPS) is 13.7. The highest BCUT2D eigenvalue weighted by atomic mass is 28.3. The van der Waals surface area contributed by atoms with Crippen LogP contribution in [0.25, 0.3) is 34.2 Å². The van der Waals surface area contributed by atoms with Gasteiger partial charge in [-0.3, -0.25) is 0 Å². The zero-order valence-corrected chi connectivity index (χ0v) is 27.5. The fourth-order valence-electron chi connectivity index (χ4n) is 6.67. The molecule has 6 aromatic carbocycles. The van der Waals surface area contributed by atoms with Crippen molar-refractivity contribution in [2.24, 2.45) is 0 Å². The second-order valence-corrected chi connectivity index (χ2v) is 16.9. The van der Waals surface area contributed by atoms with Gasteiger partial charge in [-0.1, -0.05) is 98.0 Å². The number of benzene rings is 6. The minimum atomic E-state index is -2.28. The largest absolute Gasteiger partial charge is 0.458 e. The zero-order chi connectivity index (χ0) is 32.2. The van der Waals surface area contributed by atoms with Crippen molar-refractivity contribution in [1.82, 2.24) is 15.0 Å². The van der Waals surface area contributed by atoms with Gasteiger partial charge in [0.05, 0.1) is 11.4 Å². The molecular weight excluding hydrogens is 609 g/mol. The van der Waals surface area contributed by atoms with Gasteiger partial charge in [-0.2, -0.15) is 0 Å². The maximum Gasteiger partial charge on any atom is 0.164 e. The molecule has 2 aliphatic rings. The number of hydrogen-bond donors (Lipinski definition) is 0. The Labute approximate surface area is 280 Å². The number of anilines is 3. The molecule has 9 rings (SSSR count). The van der Waals surface area contributed by atoms with Gasteiger partial charge < -0.3 is 14.4 Å². The molecule has 0 N–H and O–H groups in total. The summed E-state index contributed by atoms with van der Waals surface area (Å²) in [6.07, 6.45) is 0. The van der Waals surface area contributed by atoms with Crippen LogP contribution in [0.4, 0.5) is 17.1 Å². The van der Waals surface area contributed by atoms with Crippen LogP contribution in [0.3, 0.4) is 0 Å². The first-order chi connectivity index (χ1) is 23.5. The third-order valence-corrected chi connectivity index (χ3v) is 12.6. The molecule has 0 unspecified atom stereocenters. The smallest absolute Gasteiger partial charge is 0.164 e. The molecule has 7 heteroatoms. The van der Waals surface area contributed by atoms with Gasteiger partial charge >= 0.3 is 0 Å². The number of nitrogens with zero attached hydrogens (tertiary/aromatic N) is 4. The first kappa shape index (κ1) is 28.2. The Balaban J connectivity index is 1.15. The third kappa shape index (κ3) is 4.67. The van der Waals surface area contributed by atoms with Crippen LogP contribution in [0, 0.1) is 0 Å². The van der Waals surface area contributed by atoms with Crippen molar-refractivity contribution in [3.63, 3.8) is 0 Å². The molecule has 6 nitrogen and oxygen atoms in total. The molecular formula is C41H30N4O2Si. The number of rotatable bonds is 4. The Hall–Kier alpha value is -6.05. The number of hydrogen-bond acceptors (Lipinski definition) is 6. The molecule has 3 heterocycles. The summed E-state index contributed by atoms with van der Waals surface area (Å²) in [5.74, 6) is 5.38. The average molecular weight is 639 g/mol. The summed E-state index contributed by atoms with van der Waals surface area (Å²) in [6, 6.07) is 49.4. The van der Waals surface area contributed by atoms with Crippen molar-refractivity contribution in [2.45, 2.75) is 13.1 Å². The van der Waals surface area contributed by atoms with Crippen molar-refractivity contribution < 1.29 is 9.47 Å². The molecule has 0 spiro atoms. The van der Waals surface area contributed by atoms with Crippen LogP contribution in [0.1, 0.15) is 0 Å². The molecule has 0 atom stereocenters. The van der Waals surface area contributed by atoms with Crippen molar-refractivity contribution in [2.75, 3.05) is 4.90 Å². The van der Waals surface area contributed by atoms with Crippen molar-refractivity contribution in [3.05, 3.63) is 146 Å². The Bertz CT molecular complexity index is 2240. The molecule has 0 amide bonds. The fraction of sp³-hybridized carbons (Fsp3) is 0.0488. The maximum atomic E-state index is 6.61. The van der Waals surface area contributed by atoms with E-state index in [2.05, 4.69) is 78.7 Å². The summed E-state index contributed by atoms with van der Waals surface area (Å²) in [5.41, 5.74) is 5.91. The lowest BCUT2D eigenvalue weighted by Gasteiger charge is -2.36. The van der Waals surface area contributed by atoms with Gasteiger partial charge in [-0.25, -0.2) is 15.0 Å². The molecule has 0 aliphatic carbocycles. The standard InChI is InChI=1S/C41H30N4O2Si/c1-48(2)37-25-29(41-43-39(27-13-5-3-6-14-27)42-40(44-41)28-15-7-4-8-16-28)21-23-35(37)47-36-24-22-30(26-38(36)48)45-31-17-9-11-19-33(31)46-34-20-12-10-18-32(34)45/h3-26H,1-2H3. The third-order valence-electron chi connectivity index (χ3n) is 9.16. The summed E-state index contributed by atoms with van der Waals surface area (Å²) in [5, 5.41) is 2.44. The zero-order valence-electron chi connectivity index (χ0n) is 26.5. The minimum Gasteiger partial charge on any atom is -0.458 e. The van der Waals surface area contributed by atoms with E-state index in [9.17, 15) is 0 Å². The summed E-state index contributed by atoms with van der Waals surface area (Å²) in [4.78, 5) is 17.1. The molecule has 0 radical (unpaired) electrons. The van der Waals surface area contributed by atoms with E-state index in [0.717, 1.165) is 56.8 Å². The lowest BCUT2D eigenvalue weighted by Crippen LogP contribution is -2.56. The maximum absolute atomic E-state index is 6.61. The Morgan fingerprint density at radius 3 is 1.48 bits per heavy atom. The van der Waals surface area contributed by atoms with E-state index in [-0.39, 0.29) is 0 Å². The molecule has 1 aromatic heterocycles. The average Bonchev–Trinajstić information content (AvgIpc) is 3.14. The molecule has 0 bridgehead atoms. The van der Waals surface area contributed by atoms with Gasteiger partial charge in [0.2, 0.25) is 0 Å². The molecule has 48 heavy (non-hydrogen) atoms. The predicted molar refractivity (Wildman–Crippen MR) is 194 cm³/mol. The predicted octanol–water partition coefficient (Wildman–Crippen LogP) is 9.38.